The Morgan fingerprint density at radius 3 is 2.82 bits per heavy atom. The second-order valence-corrected chi connectivity index (χ2v) is 5.86. The first kappa shape index (κ1) is 14.7. The molecule has 4 nitrogen and oxygen atoms in total. The fourth-order valence-corrected chi connectivity index (χ4v) is 3.00. The van der Waals surface area contributed by atoms with Crippen LogP contribution >= 0.6 is 11.8 Å². The van der Waals surface area contributed by atoms with E-state index in [4.69, 9.17) is 0 Å². The zero-order valence-electron chi connectivity index (χ0n) is 12.5. The van der Waals surface area contributed by atoms with Crippen LogP contribution in [-0.2, 0) is 11.3 Å². The molecule has 0 atom stereocenters. The van der Waals surface area contributed by atoms with Crippen molar-refractivity contribution in [1.29, 1.82) is 0 Å². The van der Waals surface area contributed by atoms with Crippen LogP contribution in [0.3, 0.4) is 0 Å². The van der Waals surface area contributed by atoms with Gasteiger partial charge in [-0.15, -0.1) is 0 Å². The molecule has 112 valence electrons. The maximum atomic E-state index is 12.3. The molecule has 2 aromatic carbocycles. The van der Waals surface area contributed by atoms with Gasteiger partial charge in [0.05, 0.1) is 11.0 Å². The predicted molar refractivity (Wildman–Crippen MR) is 91.3 cm³/mol. The molecule has 0 unspecified atom stereocenters. The number of carbonyl (C=O) groups excluding carboxylic acids is 1. The molecular formula is C17H17N3OS. The number of anilines is 1. The SMILES string of the molecule is CSc1nc2ccccc2n1CC(=O)Nc1cccc(C)c1. The number of para-hydroxylation sites is 2. The highest BCUT2D eigenvalue weighted by atomic mass is 32.2. The molecule has 0 bridgehead atoms. The zero-order valence-corrected chi connectivity index (χ0v) is 13.4. The third-order valence-corrected chi connectivity index (χ3v) is 4.08. The molecule has 22 heavy (non-hydrogen) atoms. The highest BCUT2D eigenvalue weighted by molar-refractivity contribution is 7.98. The number of benzene rings is 2. The molecule has 1 aromatic heterocycles. The quantitative estimate of drug-likeness (QED) is 0.747. The van der Waals surface area contributed by atoms with E-state index in [1.54, 1.807) is 11.8 Å². The van der Waals surface area contributed by atoms with Gasteiger partial charge in [0.1, 0.15) is 6.54 Å². The van der Waals surface area contributed by atoms with Crippen LogP contribution in [0.5, 0.6) is 0 Å². The van der Waals surface area contributed by atoms with Crippen LogP contribution in [-0.4, -0.2) is 21.7 Å². The summed E-state index contributed by atoms with van der Waals surface area (Å²) >= 11 is 1.54. The van der Waals surface area contributed by atoms with E-state index < -0.39 is 0 Å². The van der Waals surface area contributed by atoms with Gasteiger partial charge in [0.25, 0.3) is 0 Å². The maximum absolute atomic E-state index is 12.3. The van der Waals surface area contributed by atoms with Crippen molar-refractivity contribution in [3.8, 4) is 0 Å². The molecule has 0 aliphatic carbocycles. The summed E-state index contributed by atoms with van der Waals surface area (Å²) < 4.78 is 1.95. The van der Waals surface area contributed by atoms with E-state index in [9.17, 15) is 4.79 Å². The number of carbonyl (C=O) groups is 1. The Hall–Kier alpha value is -2.27. The number of aromatic nitrogens is 2. The number of hydrogen-bond acceptors (Lipinski definition) is 3. The van der Waals surface area contributed by atoms with E-state index >= 15 is 0 Å². The van der Waals surface area contributed by atoms with Gasteiger partial charge in [0.2, 0.25) is 5.91 Å². The van der Waals surface area contributed by atoms with Crippen molar-refractivity contribution < 1.29 is 4.79 Å². The van der Waals surface area contributed by atoms with Gasteiger partial charge >= 0.3 is 0 Å². The van der Waals surface area contributed by atoms with Crippen molar-refractivity contribution in [2.45, 2.75) is 18.6 Å². The standard InChI is InChI=1S/C17H17N3OS/c1-12-6-5-7-13(10-12)18-16(21)11-20-15-9-4-3-8-14(15)19-17(20)22-2/h3-10H,11H2,1-2H3,(H,18,21). The Balaban J connectivity index is 1.85. The van der Waals surface area contributed by atoms with Crippen molar-refractivity contribution in [1.82, 2.24) is 9.55 Å². The van der Waals surface area contributed by atoms with E-state index in [1.165, 1.54) is 0 Å². The molecule has 1 heterocycles. The monoisotopic (exact) mass is 311 g/mol. The smallest absolute Gasteiger partial charge is 0.244 e. The first-order valence-corrected chi connectivity index (χ1v) is 8.25. The predicted octanol–water partition coefficient (Wildman–Crippen LogP) is 3.71. The number of imidazole rings is 1. The molecular weight excluding hydrogens is 294 g/mol. The van der Waals surface area contributed by atoms with Gasteiger partial charge in [0.15, 0.2) is 5.16 Å². The Labute approximate surface area is 133 Å². The fourth-order valence-electron chi connectivity index (χ4n) is 2.43. The Morgan fingerprint density at radius 2 is 2.05 bits per heavy atom. The summed E-state index contributed by atoms with van der Waals surface area (Å²) in [5, 5.41) is 3.79. The molecule has 0 aliphatic heterocycles. The lowest BCUT2D eigenvalue weighted by Gasteiger charge is -2.09. The van der Waals surface area contributed by atoms with Crippen LogP contribution in [0.15, 0.2) is 53.7 Å². The summed E-state index contributed by atoms with van der Waals surface area (Å²) in [4.78, 5) is 16.9. The lowest BCUT2D eigenvalue weighted by Crippen LogP contribution is -2.19. The molecule has 0 spiro atoms. The van der Waals surface area contributed by atoms with Gasteiger partial charge < -0.3 is 9.88 Å². The van der Waals surface area contributed by atoms with E-state index in [-0.39, 0.29) is 12.5 Å². The highest BCUT2D eigenvalue weighted by Gasteiger charge is 2.13. The molecule has 0 fully saturated rings. The van der Waals surface area contributed by atoms with Crippen molar-refractivity contribution in [3.63, 3.8) is 0 Å². The Bertz CT molecular complexity index is 826. The molecule has 1 amide bonds. The Kier molecular flexibility index (Phi) is 4.15. The molecule has 3 aromatic rings. The second kappa shape index (κ2) is 6.23. The van der Waals surface area contributed by atoms with Crippen molar-refractivity contribution in [2.24, 2.45) is 0 Å². The first-order chi connectivity index (χ1) is 10.7. The van der Waals surface area contributed by atoms with Gasteiger partial charge in [-0.2, -0.15) is 0 Å². The summed E-state index contributed by atoms with van der Waals surface area (Å²) in [6.45, 7) is 2.26. The summed E-state index contributed by atoms with van der Waals surface area (Å²) in [5.74, 6) is -0.0518. The summed E-state index contributed by atoms with van der Waals surface area (Å²) in [6.07, 6.45) is 1.97. The molecule has 0 radical (unpaired) electrons. The number of amides is 1. The van der Waals surface area contributed by atoms with Crippen LogP contribution in [0.25, 0.3) is 11.0 Å². The normalized spacial score (nSPS) is 10.8. The average molecular weight is 311 g/mol. The number of aryl methyl sites for hydroxylation is 1. The van der Waals surface area contributed by atoms with Crippen LogP contribution < -0.4 is 5.32 Å². The molecule has 3 rings (SSSR count). The number of nitrogens with zero attached hydrogens (tertiary/aromatic N) is 2. The molecule has 0 saturated heterocycles. The lowest BCUT2D eigenvalue weighted by molar-refractivity contribution is -0.116. The van der Waals surface area contributed by atoms with Gasteiger partial charge in [0, 0.05) is 5.69 Å². The minimum absolute atomic E-state index is 0.0518. The van der Waals surface area contributed by atoms with Crippen LogP contribution in [0, 0.1) is 6.92 Å². The molecule has 0 aliphatic rings. The van der Waals surface area contributed by atoms with E-state index in [0.717, 1.165) is 27.4 Å². The van der Waals surface area contributed by atoms with E-state index in [1.807, 2.05) is 66.3 Å². The lowest BCUT2D eigenvalue weighted by atomic mass is 10.2. The molecule has 5 heteroatoms. The third-order valence-electron chi connectivity index (χ3n) is 3.41. The zero-order chi connectivity index (χ0) is 15.5. The van der Waals surface area contributed by atoms with Crippen molar-refractivity contribution in [2.75, 3.05) is 11.6 Å². The van der Waals surface area contributed by atoms with Crippen molar-refractivity contribution in [3.05, 3.63) is 54.1 Å². The Morgan fingerprint density at radius 1 is 1.23 bits per heavy atom. The number of fused-ring (bicyclic) bond motifs is 1. The topological polar surface area (TPSA) is 46.9 Å². The number of nitrogens with one attached hydrogen (secondary N) is 1. The number of thioether (sulfide) groups is 1. The number of hydrogen-bond donors (Lipinski definition) is 1. The van der Waals surface area contributed by atoms with Gasteiger partial charge in [-0.1, -0.05) is 36.0 Å². The van der Waals surface area contributed by atoms with Crippen molar-refractivity contribution >= 4 is 34.4 Å². The summed E-state index contributed by atoms with van der Waals surface area (Å²) in [5.41, 5.74) is 3.83. The van der Waals surface area contributed by atoms with Crippen LogP contribution in [0.1, 0.15) is 5.56 Å². The van der Waals surface area contributed by atoms with Gasteiger partial charge in [-0.3, -0.25) is 4.79 Å². The van der Waals surface area contributed by atoms with E-state index in [2.05, 4.69) is 10.3 Å². The minimum Gasteiger partial charge on any atom is -0.325 e. The second-order valence-electron chi connectivity index (χ2n) is 5.09. The van der Waals surface area contributed by atoms with Crippen LogP contribution in [0.4, 0.5) is 5.69 Å². The van der Waals surface area contributed by atoms with Gasteiger partial charge in [-0.25, -0.2) is 4.98 Å². The average Bonchev–Trinajstić information content (AvgIpc) is 2.85. The first-order valence-electron chi connectivity index (χ1n) is 7.03. The maximum Gasteiger partial charge on any atom is 0.244 e. The molecule has 1 N–H and O–H groups in total. The third kappa shape index (κ3) is 2.99. The largest absolute Gasteiger partial charge is 0.325 e. The van der Waals surface area contributed by atoms with Crippen LogP contribution in [0.2, 0.25) is 0 Å². The summed E-state index contributed by atoms with van der Waals surface area (Å²) in [6, 6.07) is 15.7. The molecule has 0 saturated carbocycles. The number of rotatable bonds is 4. The minimum atomic E-state index is -0.0518. The van der Waals surface area contributed by atoms with Gasteiger partial charge in [-0.05, 0) is 43.0 Å². The van der Waals surface area contributed by atoms with E-state index in [0.29, 0.717) is 0 Å². The summed E-state index contributed by atoms with van der Waals surface area (Å²) in [7, 11) is 0. The highest BCUT2D eigenvalue weighted by Crippen LogP contribution is 2.22. The fraction of sp³-hybridized carbons (Fsp3) is 0.176.